The van der Waals surface area contributed by atoms with Crippen LogP contribution < -0.4 is 10.3 Å². The van der Waals surface area contributed by atoms with E-state index in [0.717, 1.165) is 24.8 Å². The van der Waals surface area contributed by atoms with Gasteiger partial charge in [-0.2, -0.15) is 4.72 Å². The van der Waals surface area contributed by atoms with Crippen LogP contribution in [0.1, 0.15) is 24.6 Å². The molecule has 1 rings (SSSR count). The fourth-order valence-electron chi connectivity index (χ4n) is 1.56. The molecular weight excluding hydrogens is 240 g/mol. The highest BCUT2D eigenvalue weighted by Crippen LogP contribution is 2.02. The summed E-state index contributed by atoms with van der Waals surface area (Å²) in [6, 6.07) is 3.63. The standard InChI is InChI=1S/C11H18N2O3S/c1-4-5-10-7-6-9(2)11(14)13(10)8-12-17(3,15)16/h6-7,12H,4-5,8H2,1-3H3. The van der Waals surface area contributed by atoms with Crippen LogP contribution in [0.4, 0.5) is 0 Å². The lowest BCUT2D eigenvalue weighted by Crippen LogP contribution is -2.34. The SMILES string of the molecule is CCCc1ccc(C)c(=O)n1CNS(C)(=O)=O. The van der Waals surface area contributed by atoms with E-state index in [-0.39, 0.29) is 12.2 Å². The van der Waals surface area contributed by atoms with Crippen molar-refractivity contribution in [3.05, 3.63) is 33.7 Å². The van der Waals surface area contributed by atoms with Gasteiger partial charge in [-0.25, -0.2) is 8.42 Å². The molecule has 0 bridgehead atoms. The highest BCUT2D eigenvalue weighted by atomic mass is 32.2. The minimum atomic E-state index is -3.29. The van der Waals surface area contributed by atoms with Gasteiger partial charge in [-0.05, 0) is 19.4 Å². The van der Waals surface area contributed by atoms with Crippen molar-refractivity contribution in [3.63, 3.8) is 0 Å². The van der Waals surface area contributed by atoms with Crippen LogP contribution in [-0.2, 0) is 23.1 Å². The van der Waals surface area contributed by atoms with Gasteiger partial charge < -0.3 is 0 Å². The van der Waals surface area contributed by atoms with E-state index in [9.17, 15) is 13.2 Å². The fraction of sp³-hybridized carbons (Fsp3) is 0.545. The van der Waals surface area contributed by atoms with Gasteiger partial charge in [0.1, 0.15) is 0 Å². The van der Waals surface area contributed by atoms with Crippen LogP contribution in [0.5, 0.6) is 0 Å². The number of sulfonamides is 1. The van der Waals surface area contributed by atoms with Crippen molar-refractivity contribution in [1.29, 1.82) is 0 Å². The molecule has 1 N–H and O–H groups in total. The van der Waals surface area contributed by atoms with Gasteiger partial charge >= 0.3 is 0 Å². The van der Waals surface area contributed by atoms with Crippen molar-refractivity contribution in [2.24, 2.45) is 0 Å². The van der Waals surface area contributed by atoms with Gasteiger partial charge in [-0.1, -0.05) is 19.4 Å². The topological polar surface area (TPSA) is 68.2 Å². The largest absolute Gasteiger partial charge is 0.298 e. The van der Waals surface area contributed by atoms with E-state index < -0.39 is 10.0 Å². The molecule has 1 aromatic rings. The number of nitrogens with zero attached hydrogens (tertiary/aromatic N) is 1. The third-order valence-electron chi connectivity index (χ3n) is 2.45. The molecule has 0 unspecified atom stereocenters. The van der Waals surface area contributed by atoms with Gasteiger partial charge in [-0.15, -0.1) is 0 Å². The predicted molar refractivity (Wildman–Crippen MR) is 67.4 cm³/mol. The van der Waals surface area contributed by atoms with Crippen LogP contribution in [0.3, 0.4) is 0 Å². The second-order valence-corrected chi connectivity index (χ2v) is 5.90. The lowest BCUT2D eigenvalue weighted by atomic mass is 10.2. The number of aromatic nitrogens is 1. The Balaban J connectivity index is 3.10. The van der Waals surface area contributed by atoms with Crippen molar-refractivity contribution in [1.82, 2.24) is 9.29 Å². The number of aryl methyl sites for hydroxylation is 2. The molecule has 0 saturated heterocycles. The first-order valence-corrected chi connectivity index (χ1v) is 7.38. The van der Waals surface area contributed by atoms with E-state index in [2.05, 4.69) is 4.72 Å². The summed E-state index contributed by atoms with van der Waals surface area (Å²) in [5, 5.41) is 0. The minimum Gasteiger partial charge on any atom is -0.298 e. The maximum absolute atomic E-state index is 11.9. The zero-order valence-electron chi connectivity index (χ0n) is 10.4. The van der Waals surface area contributed by atoms with Gasteiger partial charge in [0.2, 0.25) is 10.0 Å². The maximum Gasteiger partial charge on any atom is 0.254 e. The average Bonchev–Trinajstić information content (AvgIpc) is 2.22. The Morgan fingerprint density at radius 3 is 2.53 bits per heavy atom. The second-order valence-electron chi connectivity index (χ2n) is 4.07. The Morgan fingerprint density at radius 2 is 2.00 bits per heavy atom. The van der Waals surface area contributed by atoms with Gasteiger partial charge in [0.05, 0.1) is 12.9 Å². The van der Waals surface area contributed by atoms with Crippen LogP contribution in [-0.4, -0.2) is 19.2 Å². The highest BCUT2D eigenvalue weighted by molar-refractivity contribution is 7.88. The molecule has 0 saturated carbocycles. The molecule has 0 aliphatic rings. The number of pyridine rings is 1. The Kier molecular flexibility index (Phi) is 4.47. The molecule has 0 aromatic carbocycles. The van der Waals surface area contributed by atoms with Crippen molar-refractivity contribution >= 4 is 10.0 Å². The number of rotatable bonds is 5. The minimum absolute atomic E-state index is 0.00528. The molecule has 0 aliphatic heterocycles. The summed E-state index contributed by atoms with van der Waals surface area (Å²) in [5.41, 5.74) is 1.31. The summed E-state index contributed by atoms with van der Waals surface area (Å²) < 4.78 is 25.9. The van der Waals surface area contributed by atoms with E-state index in [0.29, 0.717) is 5.56 Å². The first kappa shape index (κ1) is 13.9. The average molecular weight is 258 g/mol. The van der Waals surface area contributed by atoms with E-state index in [1.807, 2.05) is 13.0 Å². The highest BCUT2D eigenvalue weighted by Gasteiger charge is 2.07. The van der Waals surface area contributed by atoms with Crippen molar-refractivity contribution in [2.45, 2.75) is 33.4 Å². The monoisotopic (exact) mass is 258 g/mol. The Bertz CT molecular complexity index is 546. The summed E-state index contributed by atoms with van der Waals surface area (Å²) in [5.74, 6) is 0. The molecule has 0 aliphatic carbocycles. The molecule has 0 amide bonds. The lowest BCUT2D eigenvalue weighted by Gasteiger charge is -2.13. The van der Waals surface area contributed by atoms with Crippen LogP contribution in [0.15, 0.2) is 16.9 Å². The summed E-state index contributed by atoms with van der Waals surface area (Å²) in [6.45, 7) is 3.72. The normalized spacial score (nSPS) is 11.7. The molecule has 0 fully saturated rings. The number of hydrogen-bond donors (Lipinski definition) is 1. The lowest BCUT2D eigenvalue weighted by molar-refractivity contribution is 0.553. The smallest absolute Gasteiger partial charge is 0.254 e. The summed E-state index contributed by atoms with van der Waals surface area (Å²) in [4.78, 5) is 11.9. The molecule has 0 atom stereocenters. The van der Waals surface area contributed by atoms with E-state index in [1.165, 1.54) is 4.57 Å². The van der Waals surface area contributed by atoms with E-state index in [1.54, 1.807) is 13.0 Å². The first-order chi connectivity index (χ1) is 7.85. The third kappa shape index (κ3) is 3.98. The molecule has 0 spiro atoms. The van der Waals surface area contributed by atoms with Crippen LogP contribution in [0.2, 0.25) is 0 Å². The third-order valence-corrected chi connectivity index (χ3v) is 3.10. The number of nitrogens with one attached hydrogen (secondary N) is 1. The molecular formula is C11H18N2O3S. The molecule has 17 heavy (non-hydrogen) atoms. The molecule has 96 valence electrons. The van der Waals surface area contributed by atoms with E-state index in [4.69, 9.17) is 0 Å². The maximum atomic E-state index is 11.9. The summed E-state index contributed by atoms with van der Waals surface area (Å²) in [7, 11) is -3.29. The Hall–Kier alpha value is -1.14. The molecule has 0 radical (unpaired) electrons. The Morgan fingerprint density at radius 1 is 1.35 bits per heavy atom. The molecule has 5 nitrogen and oxygen atoms in total. The van der Waals surface area contributed by atoms with Crippen molar-refractivity contribution in [2.75, 3.05) is 6.26 Å². The van der Waals surface area contributed by atoms with Crippen LogP contribution >= 0.6 is 0 Å². The Labute approximate surface area is 102 Å². The summed E-state index contributed by atoms with van der Waals surface area (Å²) >= 11 is 0. The molecule has 1 aromatic heterocycles. The molecule has 1 heterocycles. The van der Waals surface area contributed by atoms with Gasteiger partial charge in [0, 0.05) is 11.3 Å². The quantitative estimate of drug-likeness (QED) is 0.841. The van der Waals surface area contributed by atoms with Crippen molar-refractivity contribution < 1.29 is 8.42 Å². The van der Waals surface area contributed by atoms with Crippen molar-refractivity contribution in [3.8, 4) is 0 Å². The predicted octanol–water partition coefficient (Wildman–Crippen LogP) is 0.616. The van der Waals surface area contributed by atoms with Crippen LogP contribution in [0.25, 0.3) is 0 Å². The van der Waals surface area contributed by atoms with Gasteiger partial charge in [0.25, 0.3) is 5.56 Å². The van der Waals surface area contributed by atoms with E-state index >= 15 is 0 Å². The first-order valence-electron chi connectivity index (χ1n) is 5.49. The van der Waals surface area contributed by atoms with Crippen LogP contribution in [0, 0.1) is 6.92 Å². The zero-order chi connectivity index (χ0) is 13.1. The zero-order valence-corrected chi connectivity index (χ0v) is 11.2. The van der Waals surface area contributed by atoms with Gasteiger partial charge in [-0.3, -0.25) is 9.36 Å². The van der Waals surface area contributed by atoms with Gasteiger partial charge in [0.15, 0.2) is 0 Å². The molecule has 6 heteroatoms. The fourth-order valence-corrected chi connectivity index (χ4v) is 1.92. The summed E-state index contributed by atoms with van der Waals surface area (Å²) in [6.07, 6.45) is 2.73. The number of hydrogen-bond acceptors (Lipinski definition) is 3. The second kappa shape index (κ2) is 5.46.